The molecule has 1 aliphatic rings. The van der Waals surface area contributed by atoms with E-state index in [1.165, 1.54) is 18.4 Å². The molecule has 2 aromatic heterocycles. The minimum Gasteiger partial charge on any atom is -0.481 e. The fraction of sp³-hybridized carbons (Fsp3) is 0.400. The molecule has 3 heterocycles. The second kappa shape index (κ2) is 6.84. The highest BCUT2D eigenvalue weighted by molar-refractivity contribution is 5.75. The lowest BCUT2D eigenvalue weighted by Crippen LogP contribution is -2.34. The predicted molar refractivity (Wildman–Crippen MR) is 98.9 cm³/mol. The quantitative estimate of drug-likeness (QED) is 0.790. The zero-order valence-electron chi connectivity index (χ0n) is 14.8. The van der Waals surface area contributed by atoms with E-state index in [4.69, 9.17) is 9.72 Å². The summed E-state index contributed by atoms with van der Waals surface area (Å²) in [6.07, 6.45) is 2.37. The molecule has 1 aliphatic heterocycles. The van der Waals surface area contributed by atoms with E-state index in [9.17, 15) is 0 Å². The first kappa shape index (κ1) is 16.1. The van der Waals surface area contributed by atoms with Crippen LogP contribution < -0.4 is 4.74 Å². The summed E-state index contributed by atoms with van der Waals surface area (Å²) in [7, 11) is 1.66. The summed E-state index contributed by atoms with van der Waals surface area (Å²) >= 11 is 0. The zero-order valence-corrected chi connectivity index (χ0v) is 14.8. The van der Waals surface area contributed by atoms with E-state index < -0.39 is 0 Å². The van der Waals surface area contributed by atoms with Gasteiger partial charge in [0.2, 0.25) is 5.88 Å². The third-order valence-corrected chi connectivity index (χ3v) is 4.92. The molecular formula is C20H24N4O. The van der Waals surface area contributed by atoms with E-state index in [0.717, 1.165) is 42.2 Å². The lowest BCUT2D eigenvalue weighted by Gasteiger charge is -2.31. The second-order valence-electron chi connectivity index (χ2n) is 6.89. The molecule has 0 amide bonds. The summed E-state index contributed by atoms with van der Waals surface area (Å²) in [5.41, 5.74) is 4.52. The molecule has 5 heteroatoms. The molecule has 0 bridgehead atoms. The number of fused-ring (bicyclic) bond motifs is 1. The number of methoxy groups -OCH3 is 1. The number of hydrogen-bond donors (Lipinski definition) is 1. The standard InChI is InChI=1S/C20H24N4O/c1-14-8-9-17-18(11-14)23-20(22-17)15-5-4-10-24(12-15)13-16-6-3-7-19(21-16)25-2/h3,6-9,11,15H,4-5,10,12-13H2,1-2H3,(H,22,23). The van der Waals surface area contributed by atoms with Gasteiger partial charge in [0.1, 0.15) is 5.82 Å². The van der Waals surface area contributed by atoms with Gasteiger partial charge in [-0.05, 0) is 50.1 Å². The van der Waals surface area contributed by atoms with Gasteiger partial charge in [0.15, 0.2) is 0 Å². The van der Waals surface area contributed by atoms with Crippen molar-refractivity contribution in [2.75, 3.05) is 20.2 Å². The number of hydrogen-bond acceptors (Lipinski definition) is 4. The van der Waals surface area contributed by atoms with Crippen LogP contribution in [-0.4, -0.2) is 40.1 Å². The Kier molecular flexibility index (Phi) is 4.40. The lowest BCUT2D eigenvalue weighted by molar-refractivity contribution is 0.194. The number of H-pyrrole nitrogens is 1. The van der Waals surface area contributed by atoms with Crippen molar-refractivity contribution < 1.29 is 4.74 Å². The monoisotopic (exact) mass is 336 g/mol. The minimum absolute atomic E-state index is 0.451. The molecule has 1 unspecified atom stereocenters. The molecular weight excluding hydrogens is 312 g/mol. The number of benzene rings is 1. The molecule has 5 nitrogen and oxygen atoms in total. The Morgan fingerprint density at radius 3 is 3.04 bits per heavy atom. The minimum atomic E-state index is 0.451. The van der Waals surface area contributed by atoms with Crippen molar-refractivity contribution in [2.24, 2.45) is 0 Å². The average Bonchev–Trinajstić information content (AvgIpc) is 3.05. The normalized spacial score (nSPS) is 18.6. The molecule has 3 aromatic rings. The number of aryl methyl sites for hydroxylation is 1. The van der Waals surface area contributed by atoms with Crippen molar-refractivity contribution in [3.8, 4) is 5.88 Å². The van der Waals surface area contributed by atoms with Crippen LogP contribution in [0.15, 0.2) is 36.4 Å². The summed E-state index contributed by atoms with van der Waals surface area (Å²) in [5, 5.41) is 0. The number of aromatic amines is 1. The first-order chi connectivity index (χ1) is 12.2. The van der Waals surface area contributed by atoms with Gasteiger partial charge in [-0.1, -0.05) is 12.1 Å². The Morgan fingerprint density at radius 2 is 2.16 bits per heavy atom. The number of aromatic nitrogens is 3. The highest BCUT2D eigenvalue weighted by atomic mass is 16.5. The Balaban J connectivity index is 1.49. The van der Waals surface area contributed by atoms with Gasteiger partial charge >= 0.3 is 0 Å². The zero-order chi connectivity index (χ0) is 17.2. The highest BCUT2D eigenvalue weighted by Gasteiger charge is 2.24. The first-order valence-corrected chi connectivity index (χ1v) is 8.90. The van der Waals surface area contributed by atoms with Gasteiger partial charge in [-0.2, -0.15) is 0 Å². The van der Waals surface area contributed by atoms with Crippen molar-refractivity contribution in [1.82, 2.24) is 19.9 Å². The molecule has 0 aliphatic carbocycles. The molecule has 1 saturated heterocycles. The Labute approximate surface area is 148 Å². The topological polar surface area (TPSA) is 54.0 Å². The number of likely N-dealkylation sites (tertiary alicyclic amines) is 1. The number of imidazole rings is 1. The second-order valence-corrected chi connectivity index (χ2v) is 6.89. The van der Waals surface area contributed by atoms with Crippen LogP contribution in [0.25, 0.3) is 11.0 Å². The molecule has 4 rings (SSSR count). The molecule has 130 valence electrons. The molecule has 1 atom stereocenters. The third-order valence-electron chi connectivity index (χ3n) is 4.92. The molecule has 1 fully saturated rings. The van der Waals surface area contributed by atoms with Gasteiger partial charge in [0.05, 0.1) is 23.8 Å². The van der Waals surface area contributed by atoms with Crippen molar-refractivity contribution >= 4 is 11.0 Å². The van der Waals surface area contributed by atoms with Crippen LogP contribution in [-0.2, 0) is 6.54 Å². The SMILES string of the molecule is COc1cccc(CN2CCCC(c3nc4ccc(C)cc4[nH]3)C2)n1. The van der Waals surface area contributed by atoms with E-state index >= 15 is 0 Å². The van der Waals surface area contributed by atoms with Gasteiger partial charge in [-0.3, -0.25) is 4.90 Å². The fourth-order valence-electron chi connectivity index (χ4n) is 3.65. The van der Waals surface area contributed by atoms with E-state index in [1.807, 2.05) is 12.1 Å². The number of pyridine rings is 1. The van der Waals surface area contributed by atoms with Gasteiger partial charge in [-0.15, -0.1) is 0 Å². The Bertz CT molecular complexity index is 873. The highest BCUT2D eigenvalue weighted by Crippen LogP contribution is 2.27. The summed E-state index contributed by atoms with van der Waals surface area (Å²) in [6.45, 7) is 5.09. The van der Waals surface area contributed by atoms with Crippen LogP contribution in [0.4, 0.5) is 0 Å². The van der Waals surface area contributed by atoms with Crippen molar-refractivity contribution in [3.63, 3.8) is 0 Å². The predicted octanol–water partition coefficient (Wildman–Crippen LogP) is 3.65. The summed E-state index contributed by atoms with van der Waals surface area (Å²) in [6, 6.07) is 12.4. The van der Waals surface area contributed by atoms with Gasteiger partial charge < -0.3 is 9.72 Å². The summed E-state index contributed by atoms with van der Waals surface area (Å²) in [4.78, 5) is 15.4. The van der Waals surface area contributed by atoms with Crippen molar-refractivity contribution in [3.05, 3.63) is 53.5 Å². The molecule has 0 radical (unpaired) electrons. The molecule has 1 N–H and O–H groups in total. The van der Waals surface area contributed by atoms with Crippen LogP contribution in [0.5, 0.6) is 5.88 Å². The van der Waals surface area contributed by atoms with Crippen LogP contribution in [0.2, 0.25) is 0 Å². The summed E-state index contributed by atoms with van der Waals surface area (Å²) in [5.74, 6) is 2.25. The molecule has 1 aromatic carbocycles. The maximum atomic E-state index is 5.23. The van der Waals surface area contributed by atoms with Crippen LogP contribution >= 0.6 is 0 Å². The smallest absolute Gasteiger partial charge is 0.213 e. The van der Waals surface area contributed by atoms with E-state index in [2.05, 4.69) is 46.1 Å². The lowest BCUT2D eigenvalue weighted by atomic mass is 9.97. The van der Waals surface area contributed by atoms with Crippen LogP contribution in [0, 0.1) is 6.92 Å². The number of rotatable bonds is 4. The first-order valence-electron chi connectivity index (χ1n) is 8.90. The van der Waals surface area contributed by atoms with Crippen LogP contribution in [0.3, 0.4) is 0 Å². The molecule has 0 saturated carbocycles. The van der Waals surface area contributed by atoms with Crippen molar-refractivity contribution in [1.29, 1.82) is 0 Å². The number of nitrogens with one attached hydrogen (secondary N) is 1. The van der Waals surface area contributed by atoms with Gasteiger partial charge in [0, 0.05) is 25.1 Å². The molecule has 0 spiro atoms. The Morgan fingerprint density at radius 1 is 1.24 bits per heavy atom. The van der Waals surface area contributed by atoms with Crippen LogP contribution in [0.1, 0.15) is 35.8 Å². The number of nitrogens with zero attached hydrogens (tertiary/aromatic N) is 3. The molecule has 25 heavy (non-hydrogen) atoms. The fourth-order valence-corrected chi connectivity index (χ4v) is 3.65. The maximum Gasteiger partial charge on any atom is 0.213 e. The van der Waals surface area contributed by atoms with E-state index in [1.54, 1.807) is 7.11 Å². The number of ether oxygens (including phenoxy) is 1. The average molecular weight is 336 g/mol. The van der Waals surface area contributed by atoms with E-state index in [0.29, 0.717) is 11.8 Å². The Hall–Kier alpha value is -2.40. The summed E-state index contributed by atoms with van der Waals surface area (Å²) < 4.78 is 5.23. The van der Waals surface area contributed by atoms with Crippen molar-refractivity contribution in [2.45, 2.75) is 32.2 Å². The van der Waals surface area contributed by atoms with Gasteiger partial charge in [-0.25, -0.2) is 9.97 Å². The third kappa shape index (κ3) is 3.51. The largest absolute Gasteiger partial charge is 0.481 e. The maximum absolute atomic E-state index is 5.23. The van der Waals surface area contributed by atoms with E-state index in [-0.39, 0.29) is 0 Å². The number of piperidine rings is 1. The van der Waals surface area contributed by atoms with Gasteiger partial charge in [0.25, 0.3) is 0 Å².